The van der Waals surface area contributed by atoms with Gasteiger partial charge in [-0.2, -0.15) is 0 Å². The van der Waals surface area contributed by atoms with Crippen molar-refractivity contribution in [1.82, 2.24) is 26.2 Å². The van der Waals surface area contributed by atoms with Crippen LogP contribution in [0.25, 0.3) is 0 Å². The number of carbonyl (C=O) groups is 5. The summed E-state index contributed by atoms with van der Waals surface area (Å²) >= 11 is 0. The van der Waals surface area contributed by atoms with Crippen molar-refractivity contribution in [2.45, 2.75) is 86.0 Å². The third-order valence-electron chi connectivity index (χ3n) is 6.30. The molecule has 0 aromatic heterocycles. The van der Waals surface area contributed by atoms with E-state index in [1.54, 1.807) is 45.9 Å². The molecule has 5 N–H and O–H groups in total. The number of amides is 5. The van der Waals surface area contributed by atoms with Crippen LogP contribution in [0.5, 0.6) is 0 Å². The predicted octanol–water partition coefficient (Wildman–Crippen LogP) is 2.05. The van der Waals surface area contributed by atoms with Gasteiger partial charge in [0.1, 0.15) is 18.1 Å². The van der Waals surface area contributed by atoms with Gasteiger partial charge in [-0.05, 0) is 30.1 Å². The molecule has 4 unspecified atom stereocenters. The number of nitrogens with zero attached hydrogens (tertiary/aromatic N) is 1. The van der Waals surface area contributed by atoms with Crippen LogP contribution in [0.15, 0.2) is 24.3 Å². The van der Waals surface area contributed by atoms with Crippen LogP contribution in [-0.4, -0.2) is 77.0 Å². The van der Waals surface area contributed by atoms with Crippen molar-refractivity contribution < 1.29 is 29.1 Å². The summed E-state index contributed by atoms with van der Waals surface area (Å²) in [7, 11) is 0. The first-order valence-electron chi connectivity index (χ1n) is 13.7. The minimum Gasteiger partial charge on any atom is -0.480 e. The lowest BCUT2D eigenvalue weighted by Gasteiger charge is -2.36. The van der Waals surface area contributed by atoms with Gasteiger partial charge in [0.25, 0.3) is 0 Å². The summed E-state index contributed by atoms with van der Waals surface area (Å²) < 4.78 is 0. The van der Waals surface area contributed by atoms with E-state index < -0.39 is 48.0 Å². The largest absolute Gasteiger partial charge is 0.480 e. The summed E-state index contributed by atoms with van der Waals surface area (Å²) in [6.07, 6.45) is 6.92. The highest BCUT2D eigenvalue weighted by molar-refractivity contribution is 5.94. The Kier molecular flexibility index (Phi) is 13.7. The molecule has 0 aliphatic carbocycles. The molecule has 1 aliphatic heterocycles. The summed E-state index contributed by atoms with van der Waals surface area (Å²) in [6.45, 7) is 15.2. The standard InChI is InChI=1S/C28H47N5O6/c1-16(2)15-33(26(36)23(18(5)6)31-28(39)32-24(19(7)8)27(37)38)21-11-9-10-14-29-22(34)13-12-20(17(3)4)30-25(21)35/h9,11-13,16-21,23-24H,10,14-15H2,1-8H3,(H,29,34)(H,30,35)(H,37,38)(H2,31,32,39)/b11-9+,13-12+. The molecule has 0 aromatic carbocycles. The Balaban J connectivity index is 3.37. The third-order valence-corrected chi connectivity index (χ3v) is 6.30. The predicted molar refractivity (Wildman–Crippen MR) is 150 cm³/mol. The molecule has 0 fully saturated rings. The molecular weight excluding hydrogens is 502 g/mol. The van der Waals surface area contributed by atoms with Gasteiger partial charge in [-0.1, -0.05) is 73.6 Å². The molecule has 5 amide bonds. The van der Waals surface area contributed by atoms with Crippen LogP contribution in [-0.2, 0) is 19.2 Å². The van der Waals surface area contributed by atoms with Crippen molar-refractivity contribution in [3.63, 3.8) is 0 Å². The quantitative estimate of drug-likeness (QED) is 0.263. The topological polar surface area (TPSA) is 157 Å². The lowest BCUT2D eigenvalue weighted by Crippen LogP contribution is -2.60. The lowest BCUT2D eigenvalue weighted by atomic mass is 9.99. The summed E-state index contributed by atoms with van der Waals surface area (Å²) in [5.41, 5.74) is 0. The van der Waals surface area contributed by atoms with Crippen molar-refractivity contribution in [3.05, 3.63) is 24.3 Å². The fourth-order valence-electron chi connectivity index (χ4n) is 4.04. The second-order valence-electron chi connectivity index (χ2n) is 11.4. The third kappa shape index (κ3) is 11.1. The Labute approximate surface area is 232 Å². The fourth-order valence-corrected chi connectivity index (χ4v) is 4.04. The fraction of sp³-hybridized carbons (Fsp3) is 0.679. The number of rotatable bonds is 10. The SMILES string of the molecule is CC(C)CN(C(=O)C(NC(=O)NC(C(=O)O)C(C)C)C(C)C)C1/C=C/CCNC(=O)/C=C/C(C(C)C)NC1=O. The van der Waals surface area contributed by atoms with Gasteiger partial charge in [0, 0.05) is 25.2 Å². The van der Waals surface area contributed by atoms with Crippen LogP contribution in [0.2, 0.25) is 0 Å². The maximum atomic E-state index is 14.0. The van der Waals surface area contributed by atoms with Crippen LogP contribution >= 0.6 is 0 Å². The van der Waals surface area contributed by atoms with E-state index in [0.29, 0.717) is 13.0 Å². The molecule has 0 saturated heterocycles. The van der Waals surface area contributed by atoms with E-state index >= 15 is 0 Å². The number of urea groups is 1. The number of aliphatic carboxylic acids is 1. The minimum absolute atomic E-state index is 0.00980. The average Bonchev–Trinajstić information content (AvgIpc) is 2.82. The Morgan fingerprint density at radius 1 is 0.974 bits per heavy atom. The van der Waals surface area contributed by atoms with Gasteiger partial charge in [0.2, 0.25) is 17.7 Å². The molecule has 1 heterocycles. The number of carboxylic acids is 1. The van der Waals surface area contributed by atoms with Gasteiger partial charge in [-0.15, -0.1) is 0 Å². The first-order valence-corrected chi connectivity index (χ1v) is 13.7. The Morgan fingerprint density at radius 2 is 1.56 bits per heavy atom. The van der Waals surface area contributed by atoms with Crippen LogP contribution in [0.3, 0.4) is 0 Å². The summed E-state index contributed by atoms with van der Waals surface area (Å²) in [4.78, 5) is 65.4. The van der Waals surface area contributed by atoms with E-state index in [9.17, 15) is 29.1 Å². The highest BCUT2D eigenvalue weighted by atomic mass is 16.4. The van der Waals surface area contributed by atoms with Gasteiger partial charge in [-0.3, -0.25) is 14.4 Å². The molecule has 11 heteroatoms. The van der Waals surface area contributed by atoms with Gasteiger partial charge in [0.05, 0.1) is 0 Å². The summed E-state index contributed by atoms with van der Waals surface area (Å²) in [6, 6.07) is -4.30. The first-order chi connectivity index (χ1) is 18.1. The van der Waals surface area contributed by atoms with Crippen LogP contribution in [0, 0.1) is 23.7 Å². The Morgan fingerprint density at radius 3 is 2.08 bits per heavy atom. The van der Waals surface area contributed by atoms with E-state index in [4.69, 9.17) is 0 Å². The van der Waals surface area contributed by atoms with Crippen LogP contribution < -0.4 is 21.3 Å². The molecule has 0 radical (unpaired) electrons. The highest BCUT2D eigenvalue weighted by Crippen LogP contribution is 2.16. The highest BCUT2D eigenvalue weighted by Gasteiger charge is 2.36. The second kappa shape index (κ2) is 15.9. The van der Waals surface area contributed by atoms with E-state index in [0.717, 1.165) is 0 Å². The molecule has 0 bridgehead atoms. The average molecular weight is 550 g/mol. The monoisotopic (exact) mass is 549 g/mol. The molecule has 1 rings (SSSR count). The number of nitrogens with one attached hydrogen (secondary N) is 4. The van der Waals surface area contributed by atoms with Gasteiger partial charge >= 0.3 is 12.0 Å². The molecule has 0 saturated carbocycles. The van der Waals surface area contributed by atoms with Gasteiger partial charge in [0.15, 0.2) is 0 Å². The van der Waals surface area contributed by atoms with Crippen molar-refractivity contribution >= 4 is 29.7 Å². The maximum Gasteiger partial charge on any atom is 0.326 e. The zero-order valence-electron chi connectivity index (χ0n) is 24.5. The number of hydrogen-bond acceptors (Lipinski definition) is 5. The normalized spacial score (nSPS) is 21.7. The molecule has 220 valence electrons. The molecule has 0 spiro atoms. The smallest absolute Gasteiger partial charge is 0.326 e. The molecule has 4 atom stereocenters. The Hall–Kier alpha value is -3.37. The van der Waals surface area contributed by atoms with E-state index in [1.165, 1.54) is 11.0 Å². The van der Waals surface area contributed by atoms with Gasteiger partial charge in [-0.25, -0.2) is 9.59 Å². The molecule has 11 nitrogen and oxygen atoms in total. The molecule has 1 aliphatic rings. The van der Waals surface area contributed by atoms with Crippen molar-refractivity contribution in [2.24, 2.45) is 23.7 Å². The zero-order chi connectivity index (χ0) is 29.9. The van der Waals surface area contributed by atoms with E-state index in [1.807, 2.05) is 27.7 Å². The van der Waals surface area contributed by atoms with Crippen molar-refractivity contribution in [3.8, 4) is 0 Å². The molecule has 39 heavy (non-hydrogen) atoms. The zero-order valence-corrected chi connectivity index (χ0v) is 24.5. The van der Waals surface area contributed by atoms with Crippen molar-refractivity contribution in [1.29, 1.82) is 0 Å². The number of carboxylic acid groups (broad SMARTS) is 1. The lowest BCUT2D eigenvalue weighted by molar-refractivity contribution is -0.142. The minimum atomic E-state index is -1.17. The maximum absolute atomic E-state index is 14.0. The Bertz CT molecular complexity index is 927. The van der Waals surface area contributed by atoms with Crippen LogP contribution in [0.4, 0.5) is 4.79 Å². The molecular formula is C28H47N5O6. The first kappa shape index (κ1) is 33.7. The van der Waals surface area contributed by atoms with Crippen LogP contribution in [0.1, 0.15) is 61.8 Å². The van der Waals surface area contributed by atoms with Gasteiger partial charge < -0.3 is 31.3 Å². The van der Waals surface area contributed by atoms with E-state index in [2.05, 4.69) is 21.3 Å². The summed E-state index contributed by atoms with van der Waals surface area (Å²) in [5, 5.41) is 20.3. The molecule has 0 aromatic rings. The summed E-state index contributed by atoms with van der Waals surface area (Å²) in [5.74, 6) is -2.99. The second-order valence-corrected chi connectivity index (χ2v) is 11.4. The van der Waals surface area contributed by atoms with E-state index in [-0.39, 0.29) is 36.1 Å². The number of carbonyl (C=O) groups excluding carboxylic acids is 4. The number of hydrogen-bond donors (Lipinski definition) is 5. The van der Waals surface area contributed by atoms with Crippen molar-refractivity contribution in [2.75, 3.05) is 13.1 Å².